The van der Waals surface area contributed by atoms with Gasteiger partial charge in [-0.15, -0.1) is 0 Å². The molecule has 1 nitrogen and oxygen atoms in total. The van der Waals surface area contributed by atoms with Gasteiger partial charge >= 0.3 is 0 Å². The van der Waals surface area contributed by atoms with E-state index in [1.54, 1.807) is 0 Å². The Kier molecular flexibility index (Phi) is 2.53. The van der Waals surface area contributed by atoms with E-state index in [1.807, 2.05) is 0 Å². The number of aliphatic hydroxyl groups is 1. The summed E-state index contributed by atoms with van der Waals surface area (Å²) in [5.41, 5.74) is 0.226. The minimum Gasteiger partial charge on any atom is -0.393 e. The number of rotatable bonds is 3. The molecular formula is C11H22O. The van der Waals surface area contributed by atoms with Gasteiger partial charge in [0.1, 0.15) is 0 Å². The van der Waals surface area contributed by atoms with Gasteiger partial charge in [0.15, 0.2) is 0 Å². The lowest BCUT2D eigenvalue weighted by molar-refractivity contribution is 0.140. The van der Waals surface area contributed by atoms with E-state index in [4.69, 9.17) is 0 Å². The minimum atomic E-state index is -0.0336. The Morgan fingerprint density at radius 1 is 1.25 bits per heavy atom. The van der Waals surface area contributed by atoms with E-state index in [9.17, 15) is 5.11 Å². The first-order valence-corrected chi connectivity index (χ1v) is 5.07. The maximum Gasteiger partial charge on any atom is 0.0603 e. The fourth-order valence-electron chi connectivity index (χ4n) is 2.02. The third kappa shape index (κ3) is 1.52. The number of hydrogen-bond acceptors (Lipinski definition) is 1. The molecule has 0 bridgehead atoms. The van der Waals surface area contributed by atoms with E-state index in [0.29, 0.717) is 11.8 Å². The molecule has 0 radical (unpaired) electrons. The predicted octanol–water partition coefficient (Wildman–Crippen LogP) is 2.69. The van der Waals surface area contributed by atoms with Crippen molar-refractivity contribution < 1.29 is 5.11 Å². The standard InChI is InChI=1S/C11H22O/c1-7(2)8(3)9(4)11(5)6-10(11)12/h7-10,12H,6H2,1-5H3. The molecule has 0 aromatic rings. The molecular weight excluding hydrogens is 148 g/mol. The molecule has 1 fully saturated rings. The molecule has 0 aliphatic heterocycles. The Morgan fingerprint density at radius 2 is 1.67 bits per heavy atom. The van der Waals surface area contributed by atoms with E-state index >= 15 is 0 Å². The lowest BCUT2D eigenvalue weighted by Crippen LogP contribution is -2.24. The highest BCUT2D eigenvalue weighted by molar-refractivity contribution is 5.03. The monoisotopic (exact) mass is 170 g/mol. The maximum atomic E-state index is 9.49. The zero-order chi connectivity index (χ0) is 9.52. The van der Waals surface area contributed by atoms with Crippen molar-refractivity contribution in [2.75, 3.05) is 0 Å². The van der Waals surface area contributed by atoms with Gasteiger partial charge in [-0.3, -0.25) is 0 Å². The molecule has 0 aromatic heterocycles. The van der Waals surface area contributed by atoms with Crippen LogP contribution >= 0.6 is 0 Å². The topological polar surface area (TPSA) is 20.2 Å². The minimum absolute atomic E-state index is 0.0336. The fourth-order valence-corrected chi connectivity index (χ4v) is 2.02. The van der Waals surface area contributed by atoms with E-state index < -0.39 is 0 Å². The Bertz CT molecular complexity index is 164. The molecule has 1 rings (SSSR count). The van der Waals surface area contributed by atoms with Crippen LogP contribution in [-0.4, -0.2) is 11.2 Å². The van der Waals surface area contributed by atoms with Crippen LogP contribution in [0.2, 0.25) is 0 Å². The van der Waals surface area contributed by atoms with Crippen LogP contribution in [0.15, 0.2) is 0 Å². The predicted molar refractivity (Wildman–Crippen MR) is 51.9 cm³/mol. The number of hydrogen-bond donors (Lipinski definition) is 1. The van der Waals surface area contributed by atoms with Gasteiger partial charge in [-0.2, -0.15) is 0 Å². The molecule has 4 unspecified atom stereocenters. The fraction of sp³-hybridized carbons (Fsp3) is 1.00. The molecule has 12 heavy (non-hydrogen) atoms. The molecule has 0 amide bonds. The van der Waals surface area contributed by atoms with E-state index in [1.165, 1.54) is 0 Å². The highest BCUT2D eigenvalue weighted by Gasteiger charge is 2.54. The van der Waals surface area contributed by atoms with Crippen LogP contribution in [0.3, 0.4) is 0 Å². The first kappa shape index (κ1) is 10.0. The molecule has 1 N–H and O–H groups in total. The third-order valence-corrected chi connectivity index (χ3v) is 4.11. The lowest BCUT2D eigenvalue weighted by Gasteiger charge is -2.29. The Balaban J connectivity index is 2.53. The van der Waals surface area contributed by atoms with Crippen LogP contribution in [0.25, 0.3) is 0 Å². The van der Waals surface area contributed by atoms with E-state index in [2.05, 4.69) is 34.6 Å². The first-order chi connectivity index (χ1) is 5.39. The van der Waals surface area contributed by atoms with Crippen molar-refractivity contribution in [3.63, 3.8) is 0 Å². The Hall–Kier alpha value is -0.0400. The highest BCUT2D eigenvalue weighted by atomic mass is 16.3. The van der Waals surface area contributed by atoms with Gasteiger partial charge in [0, 0.05) is 0 Å². The molecule has 72 valence electrons. The van der Waals surface area contributed by atoms with Gasteiger partial charge < -0.3 is 5.11 Å². The zero-order valence-corrected chi connectivity index (χ0v) is 8.96. The summed E-state index contributed by atoms with van der Waals surface area (Å²) in [6.45, 7) is 11.3. The van der Waals surface area contributed by atoms with Crippen LogP contribution < -0.4 is 0 Å². The third-order valence-electron chi connectivity index (χ3n) is 4.11. The normalized spacial score (nSPS) is 39.8. The highest BCUT2D eigenvalue weighted by Crippen LogP contribution is 2.54. The van der Waals surface area contributed by atoms with Crippen molar-refractivity contribution in [1.29, 1.82) is 0 Å². The van der Waals surface area contributed by atoms with Crippen LogP contribution in [-0.2, 0) is 0 Å². The summed E-state index contributed by atoms with van der Waals surface area (Å²) in [7, 11) is 0. The Labute approximate surface area is 76.2 Å². The van der Waals surface area contributed by atoms with Gasteiger partial charge in [-0.1, -0.05) is 34.6 Å². The quantitative estimate of drug-likeness (QED) is 0.690. The van der Waals surface area contributed by atoms with Crippen LogP contribution in [0, 0.1) is 23.2 Å². The molecule has 0 heterocycles. The number of aliphatic hydroxyl groups excluding tert-OH is 1. The summed E-state index contributed by atoms with van der Waals surface area (Å²) in [6.07, 6.45) is 0.972. The zero-order valence-electron chi connectivity index (χ0n) is 8.96. The summed E-state index contributed by atoms with van der Waals surface area (Å²) in [5, 5.41) is 9.49. The molecule has 1 heteroatoms. The summed E-state index contributed by atoms with van der Waals surface area (Å²) >= 11 is 0. The van der Waals surface area contributed by atoms with Gasteiger partial charge in [0.2, 0.25) is 0 Å². The van der Waals surface area contributed by atoms with Crippen molar-refractivity contribution in [1.82, 2.24) is 0 Å². The van der Waals surface area contributed by atoms with Gasteiger partial charge in [0.25, 0.3) is 0 Å². The summed E-state index contributed by atoms with van der Waals surface area (Å²) in [5.74, 6) is 2.09. The smallest absolute Gasteiger partial charge is 0.0603 e. The van der Waals surface area contributed by atoms with E-state index in [-0.39, 0.29) is 11.5 Å². The molecule has 1 aliphatic carbocycles. The molecule has 1 saturated carbocycles. The largest absolute Gasteiger partial charge is 0.393 e. The maximum absolute atomic E-state index is 9.49. The van der Waals surface area contributed by atoms with Crippen molar-refractivity contribution in [3.8, 4) is 0 Å². The van der Waals surface area contributed by atoms with Crippen LogP contribution in [0.5, 0.6) is 0 Å². The molecule has 1 aliphatic rings. The van der Waals surface area contributed by atoms with E-state index in [0.717, 1.165) is 12.3 Å². The summed E-state index contributed by atoms with van der Waals surface area (Å²) < 4.78 is 0. The van der Waals surface area contributed by atoms with Crippen LogP contribution in [0.4, 0.5) is 0 Å². The van der Waals surface area contributed by atoms with Crippen LogP contribution in [0.1, 0.15) is 41.0 Å². The first-order valence-electron chi connectivity index (χ1n) is 5.07. The Morgan fingerprint density at radius 3 is 1.92 bits per heavy atom. The average molecular weight is 170 g/mol. The summed E-state index contributed by atoms with van der Waals surface area (Å²) in [4.78, 5) is 0. The summed E-state index contributed by atoms with van der Waals surface area (Å²) in [6, 6.07) is 0. The molecule has 0 aromatic carbocycles. The van der Waals surface area contributed by atoms with Gasteiger partial charge in [-0.25, -0.2) is 0 Å². The van der Waals surface area contributed by atoms with Crippen molar-refractivity contribution in [3.05, 3.63) is 0 Å². The second-order valence-electron chi connectivity index (χ2n) is 5.12. The lowest BCUT2D eigenvalue weighted by atomic mass is 9.77. The molecule has 4 atom stereocenters. The average Bonchev–Trinajstić information content (AvgIpc) is 2.58. The van der Waals surface area contributed by atoms with Gasteiger partial charge in [-0.05, 0) is 29.6 Å². The molecule has 0 spiro atoms. The van der Waals surface area contributed by atoms with Crippen molar-refractivity contribution >= 4 is 0 Å². The molecule has 0 saturated heterocycles. The van der Waals surface area contributed by atoms with Gasteiger partial charge in [0.05, 0.1) is 6.10 Å². The SMILES string of the molecule is CC(C)C(C)C(C)C1(C)CC1O. The second-order valence-corrected chi connectivity index (χ2v) is 5.12. The second kappa shape index (κ2) is 3.02. The van der Waals surface area contributed by atoms with Crippen molar-refractivity contribution in [2.45, 2.75) is 47.1 Å². The van der Waals surface area contributed by atoms with Crippen molar-refractivity contribution in [2.24, 2.45) is 23.2 Å².